The first kappa shape index (κ1) is 16.9. The van der Waals surface area contributed by atoms with Gasteiger partial charge in [-0.3, -0.25) is 4.98 Å². The average Bonchev–Trinajstić information content (AvgIpc) is 2.76. The number of hydrogen-bond acceptors (Lipinski definition) is 4. The molecule has 2 aliphatic heterocycles. The molecule has 2 saturated heterocycles. The summed E-state index contributed by atoms with van der Waals surface area (Å²) in [5.74, 6) is 0.483. The van der Waals surface area contributed by atoms with Gasteiger partial charge in [-0.05, 0) is 64.6 Å². The van der Waals surface area contributed by atoms with Crippen LogP contribution in [0.25, 0.3) is 0 Å². The molecule has 4 nitrogen and oxygen atoms in total. The minimum atomic E-state index is -0.313. The summed E-state index contributed by atoms with van der Waals surface area (Å²) >= 11 is 0. The lowest BCUT2D eigenvalue weighted by Crippen LogP contribution is -2.41. The van der Waals surface area contributed by atoms with Gasteiger partial charge in [-0.2, -0.15) is 0 Å². The van der Waals surface area contributed by atoms with Gasteiger partial charge in [0, 0.05) is 30.5 Å². The van der Waals surface area contributed by atoms with Gasteiger partial charge >= 0.3 is 7.12 Å². The summed E-state index contributed by atoms with van der Waals surface area (Å²) in [5, 5.41) is 0. The maximum absolute atomic E-state index is 6.22. The molecule has 0 saturated carbocycles. The Morgan fingerprint density at radius 2 is 1.70 bits per heavy atom. The smallest absolute Gasteiger partial charge is 0.399 e. The minimum Gasteiger partial charge on any atom is -0.399 e. The number of rotatable bonds is 3. The number of pyridine rings is 1. The lowest BCUT2D eigenvalue weighted by atomic mass is 9.77. The molecule has 1 aromatic heterocycles. The highest BCUT2D eigenvalue weighted by atomic mass is 16.7. The van der Waals surface area contributed by atoms with E-state index in [1.807, 2.05) is 0 Å². The van der Waals surface area contributed by atoms with Gasteiger partial charge in [0.05, 0.1) is 11.2 Å². The van der Waals surface area contributed by atoms with Gasteiger partial charge in [0.1, 0.15) is 0 Å². The van der Waals surface area contributed by atoms with E-state index in [4.69, 9.17) is 19.0 Å². The maximum atomic E-state index is 6.22. The van der Waals surface area contributed by atoms with E-state index in [1.54, 1.807) is 0 Å². The first-order valence-electron chi connectivity index (χ1n) is 8.76. The first-order valence-corrected chi connectivity index (χ1v) is 8.76. The van der Waals surface area contributed by atoms with Crippen molar-refractivity contribution in [2.45, 2.75) is 71.0 Å². The molecule has 0 atom stereocenters. The van der Waals surface area contributed by atoms with Gasteiger partial charge in [0.25, 0.3) is 0 Å². The number of aromatic nitrogens is 1. The summed E-state index contributed by atoms with van der Waals surface area (Å²) in [6, 6.07) is 4.31. The van der Waals surface area contributed by atoms with Gasteiger partial charge in [0.15, 0.2) is 0 Å². The van der Waals surface area contributed by atoms with Crippen molar-refractivity contribution >= 4 is 12.6 Å². The van der Waals surface area contributed by atoms with Crippen molar-refractivity contribution in [3.63, 3.8) is 0 Å². The zero-order valence-electron chi connectivity index (χ0n) is 15.0. The number of aryl methyl sites for hydroxylation is 1. The van der Waals surface area contributed by atoms with Gasteiger partial charge in [-0.15, -0.1) is 0 Å². The lowest BCUT2D eigenvalue weighted by Gasteiger charge is -2.32. The fraction of sp³-hybridized carbons (Fsp3) is 0.722. The van der Waals surface area contributed by atoms with Crippen molar-refractivity contribution in [1.82, 2.24) is 4.98 Å². The zero-order chi connectivity index (χ0) is 16.7. The number of hydrogen-bond donors (Lipinski definition) is 0. The number of ether oxygens (including phenoxy) is 1. The Labute approximate surface area is 140 Å². The Morgan fingerprint density at radius 1 is 1.09 bits per heavy atom. The molecule has 0 aliphatic carbocycles. The molecule has 0 N–H and O–H groups in total. The Hall–Kier alpha value is -0.905. The van der Waals surface area contributed by atoms with E-state index in [-0.39, 0.29) is 18.3 Å². The van der Waals surface area contributed by atoms with Crippen LogP contribution in [0.15, 0.2) is 12.1 Å². The second-order valence-corrected chi connectivity index (χ2v) is 7.65. The molecule has 0 bridgehead atoms. The topological polar surface area (TPSA) is 40.6 Å². The third-order valence-corrected chi connectivity index (χ3v) is 5.45. The van der Waals surface area contributed by atoms with E-state index < -0.39 is 0 Å². The lowest BCUT2D eigenvalue weighted by molar-refractivity contribution is 0.00578. The van der Waals surface area contributed by atoms with Crippen molar-refractivity contribution in [2.75, 3.05) is 13.2 Å². The Balaban J connectivity index is 1.90. The molecule has 3 heterocycles. The van der Waals surface area contributed by atoms with Gasteiger partial charge in [0.2, 0.25) is 0 Å². The summed E-state index contributed by atoms with van der Waals surface area (Å²) < 4.78 is 17.9. The molecule has 2 aliphatic rings. The van der Waals surface area contributed by atoms with Crippen molar-refractivity contribution in [3.05, 3.63) is 23.5 Å². The van der Waals surface area contributed by atoms with Crippen molar-refractivity contribution in [1.29, 1.82) is 0 Å². The Morgan fingerprint density at radius 3 is 2.26 bits per heavy atom. The van der Waals surface area contributed by atoms with Crippen LogP contribution in [-0.4, -0.2) is 36.5 Å². The Kier molecular flexibility index (Phi) is 4.56. The summed E-state index contributed by atoms with van der Waals surface area (Å²) in [6.45, 7) is 12.2. The SMILES string of the molecule is CCc1cc(B2OC(C)(C)C(C)(C)O2)cc(C2CCOCC2)n1. The van der Waals surface area contributed by atoms with Gasteiger partial charge in [-0.1, -0.05) is 6.92 Å². The van der Waals surface area contributed by atoms with Crippen LogP contribution in [0, 0.1) is 0 Å². The van der Waals surface area contributed by atoms with Gasteiger partial charge in [-0.25, -0.2) is 0 Å². The van der Waals surface area contributed by atoms with Crippen LogP contribution in [0.4, 0.5) is 0 Å². The summed E-state index contributed by atoms with van der Waals surface area (Å²) in [6.07, 6.45) is 3.01. The summed E-state index contributed by atoms with van der Waals surface area (Å²) in [7, 11) is -0.313. The van der Waals surface area contributed by atoms with Crippen molar-refractivity contribution < 1.29 is 14.0 Å². The molecule has 0 unspecified atom stereocenters. The summed E-state index contributed by atoms with van der Waals surface area (Å²) in [4.78, 5) is 4.85. The van der Waals surface area contributed by atoms with Gasteiger partial charge < -0.3 is 14.0 Å². The monoisotopic (exact) mass is 317 g/mol. The van der Waals surface area contributed by atoms with E-state index in [1.165, 1.54) is 0 Å². The molecule has 0 aromatic carbocycles. The molecule has 23 heavy (non-hydrogen) atoms. The molecule has 0 spiro atoms. The molecule has 3 rings (SSSR count). The second kappa shape index (κ2) is 6.19. The highest BCUT2D eigenvalue weighted by Gasteiger charge is 2.51. The zero-order valence-corrected chi connectivity index (χ0v) is 15.0. The predicted molar refractivity (Wildman–Crippen MR) is 92.1 cm³/mol. The van der Waals surface area contributed by atoms with E-state index in [0.29, 0.717) is 5.92 Å². The summed E-state index contributed by atoms with van der Waals surface area (Å²) in [5.41, 5.74) is 2.74. The molecule has 1 aromatic rings. The normalized spacial score (nSPS) is 24.1. The van der Waals surface area contributed by atoms with E-state index in [2.05, 4.69) is 46.8 Å². The predicted octanol–water partition coefficient (Wildman–Crippen LogP) is 2.84. The molecule has 2 fully saturated rings. The minimum absolute atomic E-state index is 0.313. The molecular weight excluding hydrogens is 289 g/mol. The van der Waals surface area contributed by atoms with Crippen LogP contribution in [0.1, 0.15) is 64.8 Å². The van der Waals surface area contributed by atoms with Crippen LogP contribution in [0.5, 0.6) is 0 Å². The molecule has 126 valence electrons. The molecule has 5 heteroatoms. The highest BCUT2D eigenvalue weighted by Crippen LogP contribution is 2.36. The largest absolute Gasteiger partial charge is 0.494 e. The average molecular weight is 317 g/mol. The Bertz CT molecular complexity index is 551. The van der Waals surface area contributed by atoms with E-state index >= 15 is 0 Å². The van der Waals surface area contributed by atoms with E-state index in [9.17, 15) is 0 Å². The number of nitrogens with zero attached hydrogens (tertiary/aromatic N) is 1. The third kappa shape index (κ3) is 3.33. The van der Waals surface area contributed by atoms with Crippen LogP contribution in [0.3, 0.4) is 0 Å². The quantitative estimate of drug-likeness (QED) is 0.804. The van der Waals surface area contributed by atoms with Crippen LogP contribution in [-0.2, 0) is 20.5 Å². The molecule has 0 amide bonds. The van der Waals surface area contributed by atoms with E-state index in [0.717, 1.165) is 49.3 Å². The third-order valence-electron chi connectivity index (χ3n) is 5.45. The standard InChI is InChI=1S/C18H28BNO3/c1-6-15-11-14(19-22-17(2,3)18(4,5)23-19)12-16(20-15)13-7-9-21-10-8-13/h11-13H,6-10H2,1-5H3. The molecular formula is C18H28BNO3. The van der Waals surface area contributed by atoms with Crippen LogP contribution >= 0.6 is 0 Å². The van der Waals surface area contributed by atoms with Crippen LogP contribution in [0.2, 0.25) is 0 Å². The maximum Gasteiger partial charge on any atom is 0.494 e. The molecule has 0 radical (unpaired) electrons. The second-order valence-electron chi connectivity index (χ2n) is 7.65. The fourth-order valence-electron chi connectivity index (χ4n) is 3.13. The fourth-order valence-corrected chi connectivity index (χ4v) is 3.13. The van der Waals surface area contributed by atoms with Crippen LogP contribution < -0.4 is 5.46 Å². The van der Waals surface area contributed by atoms with Crippen molar-refractivity contribution in [2.24, 2.45) is 0 Å². The first-order chi connectivity index (χ1) is 10.8. The van der Waals surface area contributed by atoms with Crippen molar-refractivity contribution in [3.8, 4) is 0 Å². The highest BCUT2D eigenvalue weighted by molar-refractivity contribution is 6.62.